The second-order valence-corrected chi connectivity index (χ2v) is 10.3. The third-order valence-corrected chi connectivity index (χ3v) is 7.40. The summed E-state index contributed by atoms with van der Waals surface area (Å²) in [6.07, 6.45) is 0. The number of carbonyl (C=O) groups excluding carboxylic acids is 1. The van der Waals surface area contributed by atoms with Crippen LogP contribution in [0.15, 0.2) is 52.3 Å². The summed E-state index contributed by atoms with van der Waals surface area (Å²) in [5.41, 5.74) is 0.948. The van der Waals surface area contributed by atoms with E-state index in [4.69, 9.17) is 14.6 Å². The molecule has 31 heavy (non-hydrogen) atoms. The van der Waals surface area contributed by atoms with Crippen LogP contribution in [0.5, 0.6) is 5.75 Å². The molecular weight excluding hydrogens is 446 g/mol. The minimum atomic E-state index is -3.81. The van der Waals surface area contributed by atoms with Crippen LogP contribution in [0, 0.1) is 6.92 Å². The Morgan fingerprint density at radius 2 is 1.68 bits per heavy atom. The van der Waals surface area contributed by atoms with Gasteiger partial charge in [0.15, 0.2) is 6.61 Å². The van der Waals surface area contributed by atoms with Gasteiger partial charge in [-0.2, -0.15) is 4.31 Å². The van der Waals surface area contributed by atoms with Gasteiger partial charge < -0.3 is 14.8 Å². The zero-order valence-corrected chi connectivity index (χ0v) is 18.4. The summed E-state index contributed by atoms with van der Waals surface area (Å²) in [6.45, 7) is 2.71. The lowest BCUT2D eigenvalue weighted by Gasteiger charge is -2.26. The molecule has 0 unspecified atom stereocenters. The van der Waals surface area contributed by atoms with E-state index in [1.165, 1.54) is 46.8 Å². The Hall–Kier alpha value is -2.51. The van der Waals surface area contributed by atoms with Crippen LogP contribution in [0.3, 0.4) is 0 Å². The summed E-state index contributed by atoms with van der Waals surface area (Å²) < 4.78 is 60.0. The van der Waals surface area contributed by atoms with E-state index < -0.39 is 26.0 Å². The average Bonchev–Trinajstić information content (AvgIpc) is 2.73. The van der Waals surface area contributed by atoms with Gasteiger partial charge in [0.1, 0.15) is 5.75 Å². The largest absolute Gasteiger partial charge is 0.483 e. The SMILES string of the molecule is Cc1cc(S(=O)(=O)N2CCOCC2)ccc1OCC(=O)Nc1ccc(S(N)(=O)=O)cc1. The topological polar surface area (TPSA) is 145 Å². The van der Waals surface area contributed by atoms with E-state index >= 15 is 0 Å². The van der Waals surface area contributed by atoms with Gasteiger partial charge in [0.25, 0.3) is 5.91 Å². The number of amides is 1. The summed E-state index contributed by atoms with van der Waals surface area (Å²) >= 11 is 0. The molecule has 0 aromatic heterocycles. The molecule has 3 N–H and O–H groups in total. The van der Waals surface area contributed by atoms with Crippen molar-refractivity contribution in [3.8, 4) is 5.75 Å². The predicted octanol–water partition coefficient (Wildman–Crippen LogP) is 0.681. The van der Waals surface area contributed by atoms with Crippen molar-refractivity contribution >= 4 is 31.6 Å². The highest BCUT2D eigenvalue weighted by molar-refractivity contribution is 7.89. The van der Waals surface area contributed by atoms with E-state index in [9.17, 15) is 21.6 Å². The molecule has 1 heterocycles. The second-order valence-electron chi connectivity index (χ2n) is 6.85. The first-order chi connectivity index (χ1) is 14.6. The number of aryl methyl sites for hydroxylation is 1. The number of nitrogens with one attached hydrogen (secondary N) is 1. The maximum Gasteiger partial charge on any atom is 0.262 e. The lowest BCUT2D eigenvalue weighted by atomic mass is 10.2. The summed E-state index contributed by atoms with van der Waals surface area (Å²) in [7, 11) is -7.43. The number of hydrogen-bond donors (Lipinski definition) is 2. The van der Waals surface area contributed by atoms with Crippen LogP contribution in [-0.2, 0) is 29.6 Å². The molecule has 2 aromatic rings. The molecule has 0 spiro atoms. The number of carbonyl (C=O) groups is 1. The number of morpholine rings is 1. The van der Waals surface area contributed by atoms with Crippen molar-refractivity contribution in [2.45, 2.75) is 16.7 Å². The molecule has 3 rings (SSSR count). The molecule has 0 atom stereocenters. The quantitative estimate of drug-likeness (QED) is 0.606. The highest BCUT2D eigenvalue weighted by Crippen LogP contribution is 2.24. The molecule has 1 saturated heterocycles. The highest BCUT2D eigenvalue weighted by Gasteiger charge is 2.26. The summed E-state index contributed by atoms with van der Waals surface area (Å²) in [5, 5.41) is 7.61. The first-order valence-corrected chi connectivity index (χ1v) is 12.3. The summed E-state index contributed by atoms with van der Waals surface area (Å²) in [4.78, 5) is 12.2. The van der Waals surface area contributed by atoms with Crippen molar-refractivity contribution in [1.82, 2.24) is 4.31 Å². The van der Waals surface area contributed by atoms with Gasteiger partial charge >= 0.3 is 0 Å². The zero-order valence-electron chi connectivity index (χ0n) is 16.8. The fourth-order valence-corrected chi connectivity index (χ4v) is 4.96. The molecule has 10 nitrogen and oxygen atoms in total. The molecule has 1 fully saturated rings. The van der Waals surface area contributed by atoms with Gasteiger partial charge in [-0.25, -0.2) is 22.0 Å². The van der Waals surface area contributed by atoms with Crippen LogP contribution < -0.4 is 15.2 Å². The minimum Gasteiger partial charge on any atom is -0.483 e. The third kappa shape index (κ3) is 5.80. The Kier molecular flexibility index (Phi) is 6.96. The molecular formula is C19H23N3O7S2. The molecule has 0 saturated carbocycles. The van der Waals surface area contributed by atoms with Crippen LogP contribution in [0.25, 0.3) is 0 Å². The van der Waals surface area contributed by atoms with Crippen LogP contribution in [-0.4, -0.2) is 60.0 Å². The van der Waals surface area contributed by atoms with Crippen molar-refractivity contribution in [3.05, 3.63) is 48.0 Å². The predicted molar refractivity (Wildman–Crippen MR) is 113 cm³/mol. The monoisotopic (exact) mass is 469 g/mol. The van der Waals surface area contributed by atoms with Crippen molar-refractivity contribution < 1.29 is 31.1 Å². The summed E-state index contributed by atoms with van der Waals surface area (Å²) in [5.74, 6) is -0.0894. The number of ether oxygens (including phenoxy) is 2. The van der Waals surface area contributed by atoms with Crippen molar-refractivity contribution in [3.63, 3.8) is 0 Å². The van der Waals surface area contributed by atoms with E-state index in [0.717, 1.165) is 0 Å². The molecule has 0 aliphatic carbocycles. The van der Waals surface area contributed by atoms with Gasteiger partial charge in [-0.05, 0) is 55.0 Å². The lowest BCUT2D eigenvalue weighted by Crippen LogP contribution is -2.40. The van der Waals surface area contributed by atoms with E-state index in [2.05, 4.69) is 5.32 Å². The first kappa shape index (κ1) is 23.2. The molecule has 1 aliphatic rings. The molecule has 2 aromatic carbocycles. The van der Waals surface area contributed by atoms with E-state index in [0.29, 0.717) is 43.3 Å². The molecule has 1 amide bonds. The van der Waals surface area contributed by atoms with Crippen LogP contribution >= 0.6 is 0 Å². The standard InChI is InChI=1S/C19H23N3O7S2/c1-14-12-17(31(26,27)22-8-10-28-11-9-22)6-7-18(14)29-13-19(23)21-15-2-4-16(5-3-15)30(20,24)25/h2-7,12H,8-11,13H2,1H3,(H,21,23)(H2,20,24,25). The fraction of sp³-hybridized carbons (Fsp3) is 0.316. The van der Waals surface area contributed by atoms with Crippen LogP contribution in [0.2, 0.25) is 0 Å². The Labute approximate surface area is 181 Å². The number of sulfonamides is 2. The highest BCUT2D eigenvalue weighted by atomic mass is 32.2. The Morgan fingerprint density at radius 1 is 1.06 bits per heavy atom. The number of anilines is 1. The van der Waals surface area contributed by atoms with E-state index in [-0.39, 0.29) is 16.4 Å². The van der Waals surface area contributed by atoms with E-state index in [1.807, 2.05) is 0 Å². The molecule has 168 valence electrons. The van der Waals surface area contributed by atoms with E-state index in [1.54, 1.807) is 6.92 Å². The Morgan fingerprint density at radius 3 is 2.26 bits per heavy atom. The van der Waals surface area contributed by atoms with Gasteiger partial charge in [-0.1, -0.05) is 0 Å². The Balaban J connectivity index is 1.61. The third-order valence-electron chi connectivity index (χ3n) is 4.58. The minimum absolute atomic E-state index is 0.0653. The molecule has 1 aliphatic heterocycles. The number of nitrogens with two attached hydrogens (primary N) is 1. The summed E-state index contributed by atoms with van der Waals surface area (Å²) in [6, 6.07) is 9.84. The maximum absolute atomic E-state index is 12.7. The normalized spacial score (nSPS) is 15.4. The lowest BCUT2D eigenvalue weighted by molar-refractivity contribution is -0.118. The first-order valence-electron chi connectivity index (χ1n) is 9.31. The fourth-order valence-electron chi connectivity index (χ4n) is 2.95. The average molecular weight is 470 g/mol. The number of rotatable bonds is 7. The van der Waals surface area contributed by atoms with Crippen molar-refractivity contribution in [2.75, 3.05) is 38.2 Å². The van der Waals surface area contributed by atoms with Crippen LogP contribution in [0.4, 0.5) is 5.69 Å². The molecule has 0 radical (unpaired) electrons. The van der Waals surface area contributed by atoms with Crippen molar-refractivity contribution in [1.29, 1.82) is 0 Å². The number of nitrogens with zero attached hydrogens (tertiary/aromatic N) is 1. The van der Waals surface area contributed by atoms with Gasteiger partial charge in [-0.15, -0.1) is 0 Å². The number of hydrogen-bond acceptors (Lipinski definition) is 7. The van der Waals surface area contributed by atoms with Crippen molar-refractivity contribution in [2.24, 2.45) is 5.14 Å². The van der Waals surface area contributed by atoms with Gasteiger partial charge in [0.05, 0.1) is 23.0 Å². The number of primary sulfonamides is 1. The molecule has 0 bridgehead atoms. The van der Waals surface area contributed by atoms with Gasteiger partial charge in [0.2, 0.25) is 20.0 Å². The zero-order chi connectivity index (χ0) is 22.6. The maximum atomic E-state index is 12.7. The Bertz CT molecular complexity index is 1160. The number of benzene rings is 2. The van der Waals surface area contributed by atoms with Gasteiger partial charge in [0, 0.05) is 18.8 Å². The smallest absolute Gasteiger partial charge is 0.262 e. The molecule has 12 heteroatoms. The second kappa shape index (κ2) is 9.32. The van der Waals surface area contributed by atoms with Crippen LogP contribution in [0.1, 0.15) is 5.56 Å². The van der Waals surface area contributed by atoms with Gasteiger partial charge in [-0.3, -0.25) is 4.79 Å².